The quantitative estimate of drug-likeness (QED) is 0.362. The van der Waals surface area contributed by atoms with Gasteiger partial charge in [0.2, 0.25) is 0 Å². The topological polar surface area (TPSA) is 20.2 Å². The van der Waals surface area contributed by atoms with Crippen molar-refractivity contribution < 1.29 is 5.11 Å². The van der Waals surface area contributed by atoms with Crippen LogP contribution < -0.4 is 0 Å². The number of rotatable bonds is 3. The Hall–Kier alpha value is -0.980. The van der Waals surface area contributed by atoms with Crippen molar-refractivity contribution in [3.8, 4) is 5.75 Å². The molecular weight excluding hydrogens is 544 g/mol. The largest absolute Gasteiger partial charge is 0.507 e. The summed E-state index contributed by atoms with van der Waals surface area (Å²) in [7, 11) is 0. The summed E-state index contributed by atoms with van der Waals surface area (Å²) in [5.41, 5.74) is 9.36. The van der Waals surface area contributed by atoms with E-state index < -0.39 is 0 Å². The van der Waals surface area contributed by atoms with Gasteiger partial charge in [-0.3, -0.25) is 0 Å². The molecule has 1 heteroatoms. The molecule has 1 nitrogen and oxygen atoms in total. The SMILES string of the molecule is CC(C)(C)c1c(O)c(C(C)(C)C)c(C23CC4CC(CC(C4)C2)C3)c(C23CC4CC(CC(C4)C2)C3)c1C12CC3CC(CC(C3)C1)C2. The molecule has 0 radical (unpaired) electrons. The van der Waals surface area contributed by atoms with Gasteiger partial charge in [-0.2, -0.15) is 0 Å². The molecule has 45 heavy (non-hydrogen) atoms. The van der Waals surface area contributed by atoms with Gasteiger partial charge in [0.15, 0.2) is 0 Å². The molecule has 0 unspecified atom stereocenters. The third kappa shape index (κ3) is 4.03. The van der Waals surface area contributed by atoms with E-state index in [0.29, 0.717) is 16.2 Å². The molecule has 12 aliphatic carbocycles. The first-order valence-corrected chi connectivity index (χ1v) is 20.2. The summed E-state index contributed by atoms with van der Waals surface area (Å²) >= 11 is 0. The van der Waals surface area contributed by atoms with Gasteiger partial charge in [-0.05, 0) is 213 Å². The van der Waals surface area contributed by atoms with E-state index in [4.69, 9.17) is 0 Å². The molecule has 0 amide bonds. The maximum Gasteiger partial charge on any atom is 0.123 e. The summed E-state index contributed by atoms with van der Waals surface area (Å²) in [5.74, 6) is 9.23. The molecule has 12 saturated carbocycles. The van der Waals surface area contributed by atoms with Crippen LogP contribution in [-0.4, -0.2) is 5.11 Å². The van der Waals surface area contributed by atoms with Crippen LogP contribution in [0.25, 0.3) is 0 Å². The number of hydrogen-bond acceptors (Lipinski definition) is 1. The fourth-order valence-electron chi connectivity index (χ4n) is 17.0. The van der Waals surface area contributed by atoms with Crippen LogP contribution in [0.5, 0.6) is 5.75 Å². The van der Waals surface area contributed by atoms with Crippen LogP contribution in [0.15, 0.2) is 0 Å². The molecule has 0 atom stereocenters. The second-order valence-corrected chi connectivity index (χ2v) is 22.3. The predicted molar refractivity (Wildman–Crippen MR) is 185 cm³/mol. The first-order chi connectivity index (χ1) is 21.2. The molecule has 0 aliphatic heterocycles. The first kappa shape index (κ1) is 29.0. The normalized spacial score (nSPS) is 49.0. The molecule has 246 valence electrons. The summed E-state index contributed by atoms with van der Waals surface area (Å²) in [4.78, 5) is 0. The molecule has 1 N–H and O–H groups in total. The summed E-state index contributed by atoms with van der Waals surface area (Å²) in [6.45, 7) is 14.9. The fourth-order valence-corrected chi connectivity index (χ4v) is 17.0. The molecule has 12 fully saturated rings. The first-order valence-electron chi connectivity index (χ1n) is 20.2. The van der Waals surface area contributed by atoms with Crippen molar-refractivity contribution in [2.24, 2.45) is 53.3 Å². The van der Waals surface area contributed by atoms with E-state index in [1.165, 1.54) is 127 Å². The molecule has 0 saturated heterocycles. The average Bonchev–Trinajstić information content (AvgIpc) is 2.88. The Morgan fingerprint density at radius 3 is 0.778 bits per heavy atom. The van der Waals surface area contributed by atoms with Crippen molar-refractivity contribution in [2.75, 3.05) is 0 Å². The molecule has 0 spiro atoms. The number of aromatic hydroxyl groups is 1. The maximum atomic E-state index is 13.2. The Kier molecular flexibility index (Phi) is 5.78. The predicted octanol–water partition coefficient (Wildman–Crippen LogP) is 11.4. The average molecular weight is 609 g/mol. The fraction of sp³-hybridized carbons (Fsp3) is 0.864. The van der Waals surface area contributed by atoms with E-state index in [-0.39, 0.29) is 10.8 Å². The van der Waals surface area contributed by atoms with Crippen LogP contribution in [0.2, 0.25) is 0 Å². The van der Waals surface area contributed by atoms with Crippen LogP contribution in [0.3, 0.4) is 0 Å². The Labute approximate surface area is 275 Å². The molecule has 1 aromatic carbocycles. The van der Waals surface area contributed by atoms with Crippen molar-refractivity contribution in [1.82, 2.24) is 0 Å². The van der Waals surface area contributed by atoms with Gasteiger partial charge in [-0.1, -0.05) is 41.5 Å². The van der Waals surface area contributed by atoms with E-state index in [1.54, 1.807) is 0 Å². The van der Waals surface area contributed by atoms with Gasteiger partial charge < -0.3 is 5.11 Å². The highest BCUT2D eigenvalue weighted by molar-refractivity contribution is 5.67. The highest BCUT2D eigenvalue weighted by atomic mass is 16.3. The second-order valence-electron chi connectivity index (χ2n) is 22.3. The van der Waals surface area contributed by atoms with Crippen LogP contribution >= 0.6 is 0 Å². The molecular formula is C44H64O. The van der Waals surface area contributed by atoms with Gasteiger partial charge in [-0.25, -0.2) is 0 Å². The Balaban J connectivity index is 1.35. The Morgan fingerprint density at radius 1 is 0.378 bits per heavy atom. The van der Waals surface area contributed by atoms with Gasteiger partial charge in [0.05, 0.1) is 0 Å². The lowest BCUT2D eigenvalue weighted by molar-refractivity contribution is -0.0254. The van der Waals surface area contributed by atoms with Crippen LogP contribution in [-0.2, 0) is 27.1 Å². The summed E-state index contributed by atoms with van der Waals surface area (Å²) in [6.07, 6.45) is 26.6. The number of phenols is 1. The third-order valence-electron chi connectivity index (χ3n) is 16.7. The number of benzene rings is 1. The van der Waals surface area contributed by atoms with Crippen LogP contribution in [0.1, 0.15) is 185 Å². The number of phenolic OH excluding ortho intramolecular Hbond substituents is 1. The van der Waals surface area contributed by atoms with Crippen LogP contribution in [0.4, 0.5) is 0 Å². The molecule has 1 aromatic rings. The van der Waals surface area contributed by atoms with Gasteiger partial charge >= 0.3 is 0 Å². The molecule has 12 bridgehead atoms. The van der Waals surface area contributed by atoms with E-state index in [2.05, 4.69) is 41.5 Å². The van der Waals surface area contributed by atoms with Crippen molar-refractivity contribution in [3.63, 3.8) is 0 Å². The van der Waals surface area contributed by atoms with Crippen LogP contribution in [0, 0.1) is 53.3 Å². The minimum absolute atomic E-state index is 0.0558. The summed E-state index contributed by atoms with van der Waals surface area (Å²) in [5, 5.41) is 13.2. The Morgan fingerprint density at radius 2 is 0.578 bits per heavy atom. The van der Waals surface area contributed by atoms with E-state index in [1.807, 2.05) is 16.7 Å². The Bertz CT molecular complexity index is 1240. The molecule has 0 aromatic heterocycles. The maximum absolute atomic E-state index is 13.2. The zero-order valence-electron chi connectivity index (χ0n) is 29.9. The van der Waals surface area contributed by atoms with Crippen molar-refractivity contribution in [1.29, 1.82) is 0 Å². The summed E-state index contributed by atoms with van der Waals surface area (Å²) in [6, 6.07) is 0. The standard InChI is InChI=1S/C44H64O/c1-40(2,3)37-35(43-19-28-10-29(20-43)12-30(11-28)21-43)34(42-16-25-7-26(17-42)9-27(8-25)18-42)36(38(39(37)45)41(4,5)6)44-22-31-13-32(23-44)15-33(14-31)24-44/h25-33,45H,7-24H2,1-6H3. The van der Waals surface area contributed by atoms with Gasteiger partial charge in [-0.15, -0.1) is 0 Å². The molecule has 12 aliphatic rings. The van der Waals surface area contributed by atoms with Crippen molar-refractivity contribution in [2.45, 2.75) is 184 Å². The highest BCUT2D eigenvalue weighted by Crippen LogP contribution is 2.71. The molecule has 0 heterocycles. The zero-order chi connectivity index (χ0) is 30.9. The van der Waals surface area contributed by atoms with E-state index >= 15 is 0 Å². The zero-order valence-corrected chi connectivity index (χ0v) is 29.9. The highest BCUT2D eigenvalue weighted by Gasteiger charge is 2.62. The monoisotopic (exact) mass is 608 g/mol. The van der Waals surface area contributed by atoms with Gasteiger partial charge in [0.25, 0.3) is 0 Å². The lowest BCUT2D eigenvalue weighted by atomic mass is 9.40. The van der Waals surface area contributed by atoms with E-state index in [0.717, 1.165) is 59.0 Å². The summed E-state index contributed by atoms with van der Waals surface area (Å²) < 4.78 is 0. The third-order valence-corrected chi connectivity index (χ3v) is 16.7. The van der Waals surface area contributed by atoms with E-state index in [9.17, 15) is 5.11 Å². The minimum Gasteiger partial charge on any atom is -0.507 e. The lowest BCUT2D eigenvalue weighted by Gasteiger charge is -2.64. The van der Waals surface area contributed by atoms with Gasteiger partial charge in [0, 0.05) is 11.1 Å². The smallest absolute Gasteiger partial charge is 0.123 e. The van der Waals surface area contributed by atoms with Crippen molar-refractivity contribution in [3.05, 3.63) is 27.8 Å². The minimum atomic E-state index is -0.0558. The second kappa shape index (κ2) is 8.97. The lowest BCUT2D eigenvalue weighted by Crippen LogP contribution is -2.56. The van der Waals surface area contributed by atoms with Crippen molar-refractivity contribution >= 4 is 0 Å². The number of hydrogen-bond donors (Lipinski definition) is 1. The molecule has 13 rings (SSSR count). The van der Waals surface area contributed by atoms with Gasteiger partial charge in [0.1, 0.15) is 5.75 Å².